The average molecular weight is 351 g/mol. The molecular weight excluding hydrogens is 316 g/mol. The van der Waals surface area contributed by atoms with E-state index in [-0.39, 0.29) is 48.3 Å². The molecule has 5 rings (SSSR count). The molecule has 1 aliphatic rings. The minimum absolute atomic E-state index is 0.0877. The number of benzene rings is 2. The summed E-state index contributed by atoms with van der Waals surface area (Å²) < 4.78 is 71.4. The van der Waals surface area contributed by atoms with Crippen molar-refractivity contribution in [2.75, 3.05) is 0 Å². The highest BCUT2D eigenvalue weighted by Crippen LogP contribution is 2.55. The average Bonchev–Trinajstić information content (AvgIpc) is 3.26. The van der Waals surface area contributed by atoms with Gasteiger partial charge in [-0.2, -0.15) is 0 Å². The van der Waals surface area contributed by atoms with Gasteiger partial charge in [-0.3, -0.25) is 0 Å². The fourth-order valence-corrected chi connectivity index (χ4v) is 5.19. The van der Waals surface area contributed by atoms with Crippen LogP contribution in [0.15, 0.2) is 48.3 Å². The minimum Gasteiger partial charge on any atom is -0.346 e. The van der Waals surface area contributed by atoms with E-state index in [2.05, 4.69) is 0 Å². The van der Waals surface area contributed by atoms with Crippen molar-refractivity contribution in [2.45, 2.75) is 38.5 Å². The standard InChI is InChI=1S/C24H26N2/c1-23(2)19-15-11-7-9-13-17(15)25(5)21(19)24(3,4)22-20(23)16-12-8-10-14-18(16)26(22)6/h7-14H,1-6H3/i7D,8D,9D,10D,11D,12D,13D,14D. The first-order valence-corrected chi connectivity index (χ1v) is 8.79. The van der Waals surface area contributed by atoms with Crippen molar-refractivity contribution < 1.29 is 11.0 Å². The van der Waals surface area contributed by atoms with E-state index in [0.29, 0.717) is 21.8 Å². The zero-order valence-corrected chi connectivity index (χ0v) is 15.9. The Hall–Kier alpha value is -2.48. The lowest BCUT2D eigenvalue weighted by Crippen LogP contribution is -2.38. The molecule has 2 nitrogen and oxygen atoms in total. The third-order valence-electron chi connectivity index (χ3n) is 6.08. The van der Waals surface area contributed by atoms with Gasteiger partial charge in [0.05, 0.1) is 11.0 Å². The maximum atomic E-state index is 8.74. The highest BCUT2D eigenvalue weighted by atomic mass is 15.0. The summed E-state index contributed by atoms with van der Waals surface area (Å²) in [6, 6.07) is -1.49. The normalized spacial score (nSPS) is 21.8. The van der Waals surface area contributed by atoms with Crippen LogP contribution >= 0.6 is 0 Å². The van der Waals surface area contributed by atoms with Crippen LogP contribution in [0.3, 0.4) is 0 Å². The quantitative estimate of drug-likeness (QED) is 0.389. The molecule has 132 valence electrons. The molecule has 2 aromatic carbocycles. The molecule has 4 aromatic rings. The predicted octanol–water partition coefficient (Wildman–Crippen LogP) is 5.64. The third-order valence-corrected chi connectivity index (χ3v) is 6.08. The van der Waals surface area contributed by atoms with Crippen LogP contribution in [0.1, 0.15) is 61.2 Å². The zero-order chi connectivity index (χ0) is 25.4. The number of fused-ring (bicyclic) bond motifs is 6. The van der Waals surface area contributed by atoms with Crippen LogP contribution < -0.4 is 0 Å². The van der Waals surface area contributed by atoms with Gasteiger partial charge in [-0.05, 0) is 37.1 Å². The molecule has 0 bridgehead atoms. The summed E-state index contributed by atoms with van der Waals surface area (Å²) in [5, 5.41) is 0.926. The van der Waals surface area contributed by atoms with Crippen molar-refractivity contribution in [3.8, 4) is 0 Å². The number of para-hydroxylation sites is 2. The zero-order valence-electron chi connectivity index (χ0n) is 23.9. The summed E-state index contributed by atoms with van der Waals surface area (Å²) in [6.45, 7) is 7.98. The van der Waals surface area contributed by atoms with Gasteiger partial charge in [0.2, 0.25) is 0 Å². The van der Waals surface area contributed by atoms with Crippen LogP contribution in [0.2, 0.25) is 0 Å². The molecule has 2 aromatic heterocycles. The largest absolute Gasteiger partial charge is 0.346 e. The van der Waals surface area contributed by atoms with Crippen LogP contribution in [-0.2, 0) is 24.9 Å². The number of hydrogen-bond acceptors (Lipinski definition) is 0. The maximum Gasteiger partial charge on any atom is 0.0645 e. The summed E-state index contributed by atoms with van der Waals surface area (Å²) in [4.78, 5) is 0. The molecule has 0 aliphatic heterocycles. The highest BCUT2D eigenvalue weighted by Gasteiger charge is 2.48. The summed E-state index contributed by atoms with van der Waals surface area (Å²) in [5.41, 5.74) is 2.65. The van der Waals surface area contributed by atoms with E-state index in [9.17, 15) is 0 Å². The van der Waals surface area contributed by atoms with Gasteiger partial charge < -0.3 is 9.13 Å². The van der Waals surface area contributed by atoms with Crippen LogP contribution in [0.25, 0.3) is 21.8 Å². The molecule has 0 atom stereocenters. The Kier molecular flexibility index (Phi) is 1.68. The van der Waals surface area contributed by atoms with Gasteiger partial charge >= 0.3 is 0 Å². The maximum absolute atomic E-state index is 8.74. The van der Waals surface area contributed by atoms with Gasteiger partial charge in [0, 0.05) is 58.1 Å². The van der Waals surface area contributed by atoms with Crippen molar-refractivity contribution >= 4 is 21.8 Å². The fourth-order valence-electron chi connectivity index (χ4n) is 5.19. The number of aryl methyl sites for hydroxylation is 2. The number of rotatable bonds is 0. The van der Waals surface area contributed by atoms with Gasteiger partial charge in [-0.25, -0.2) is 0 Å². The summed E-state index contributed by atoms with van der Waals surface area (Å²) >= 11 is 0. The summed E-state index contributed by atoms with van der Waals surface area (Å²) in [6.07, 6.45) is 0. The Bertz CT molecular complexity index is 1490. The lowest BCUT2D eigenvalue weighted by molar-refractivity contribution is 0.476. The molecule has 0 spiro atoms. The smallest absolute Gasteiger partial charge is 0.0645 e. The van der Waals surface area contributed by atoms with Crippen molar-refractivity contribution in [1.29, 1.82) is 0 Å². The number of aromatic nitrogens is 2. The van der Waals surface area contributed by atoms with Crippen LogP contribution in [0.4, 0.5) is 0 Å². The molecule has 26 heavy (non-hydrogen) atoms. The Morgan fingerprint density at radius 1 is 0.654 bits per heavy atom. The Balaban J connectivity index is 2.11. The van der Waals surface area contributed by atoms with Crippen molar-refractivity contribution in [2.24, 2.45) is 14.1 Å². The predicted molar refractivity (Wildman–Crippen MR) is 110 cm³/mol. The Labute approximate surface area is 166 Å². The van der Waals surface area contributed by atoms with Gasteiger partial charge in [0.1, 0.15) is 0 Å². The van der Waals surface area contributed by atoms with E-state index >= 15 is 0 Å². The molecular formula is C24H26N2. The molecule has 0 unspecified atom stereocenters. The van der Waals surface area contributed by atoms with E-state index < -0.39 is 10.8 Å². The van der Waals surface area contributed by atoms with Gasteiger partial charge in [-0.15, -0.1) is 0 Å². The number of nitrogens with zero attached hydrogens (tertiary/aromatic N) is 2. The van der Waals surface area contributed by atoms with Crippen molar-refractivity contribution in [3.63, 3.8) is 0 Å². The molecule has 0 saturated carbocycles. The molecule has 0 amide bonds. The SMILES string of the molecule is [2H]c1c([2H])c([2H])c2c(c1[2H])c1c(n2C)C(C)(C)c2c(c3c([2H])c([2H])c([2H])c([2H])c3n2C)C1(C)C. The molecule has 1 aliphatic carbocycles. The van der Waals surface area contributed by atoms with Crippen LogP contribution in [0.5, 0.6) is 0 Å². The lowest BCUT2D eigenvalue weighted by atomic mass is 9.63. The molecule has 2 heteroatoms. The molecule has 0 fully saturated rings. The first kappa shape index (κ1) is 9.45. The third kappa shape index (κ3) is 1.59. The van der Waals surface area contributed by atoms with E-state index in [1.54, 1.807) is 0 Å². The van der Waals surface area contributed by atoms with E-state index in [4.69, 9.17) is 11.0 Å². The molecule has 0 saturated heterocycles. The Morgan fingerprint density at radius 2 is 1.04 bits per heavy atom. The van der Waals surface area contributed by atoms with Gasteiger partial charge in [-0.1, -0.05) is 50.1 Å². The van der Waals surface area contributed by atoms with Crippen LogP contribution in [0, 0.1) is 0 Å². The van der Waals surface area contributed by atoms with E-state index in [1.165, 1.54) is 0 Å². The second-order valence-corrected chi connectivity index (χ2v) is 8.26. The molecule has 2 heterocycles. The second-order valence-electron chi connectivity index (χ2n) is 8.26. The van der Waals surface area contributed by atoms with Crippen molar-refractivity contribution in [1.82, 2.24) is 9.13 Å². The van der Waals surface area contributed by atoms with Crippen molar-refractivity contribution in [3.05, 3.63) is 70.9 Å². The summed E-state index contributed by atoms with van der Waals surface area (Å²) in [7, 11) is 3.64. The topological polar surface area (TPSA) is 9.86 Å². The second kappa shape index (κ2) is 4.62. The number of hydrogen-bond donors (Lipinski definition) is 0. The summed E-state index contributed by atoms with van der Waals surface area (Å²) in [5.74, 6) is 0. The van der Waals surface area contributed by atoms with Gasteiger partial charge in [0.15, 0.2) is 0 Å². The Morgan fingerprint density at radius 3 is 1.46 bits per heavy atom. The fraction of sp³-hybridized carbons (Fsp3) is 0.333. The minimum atomic E-state index is -0.796. The van der Waals surface area contributed by atoms with Crippen LogP contribution in [-0.4, -0.2) is 9.13 Å². The monoisotopic (exact) mass is 350 g/mol. The lowest BCUT2D eigenvalue weighted by Gasteiger charge is -2.41. The highest BCUT2D eigenvalue weighted by molar-refractivity contribution is 5.94. The first-order valence-electron chi connectivity index (χ1n) is 12.8. The van der Waals surface area contributed by atoms with E-state index in [1.807, 2.05) is 50.9 Å². The molecule has 0 N–H and O–H groups in total. The van der Waals surface area contributed by atoms with Gasteiger partial charge in [0.25, 0.3) is 0 Å². The first-order chi connectivity index (χ1) is 15.6. The molecule has 0 radical (unpaired) electrons. The van der Waals surface area contributed by atoms with E-state index in [0.717, 1.165) is 22.5 Å².